The van der Waals surface area contributed by atoms with Crippen LogP contribution >= 0.6 is 0 Å². The second-order valence-corrected chi connectivity index (χ2v) is 5.22. The third-order valence-electron chi connectivity index (χ3n) is 3.32. The zero-order valence-electron chi connectivity index (χ0n) is 11.2. The van der Waals surface area contributed by atoms with E-state index in [4.69, 9.17) is 9.84 Å². The van der Waals surface area contributed by atoms with Gasteiger partial charge in [0.1, 0.15) is 0 Å². The van der Waals surface area contributed by atoms with Crippen LogP contribution in [-0.2, 0) is 9.53 Å². The molecule has 1 aliphatic rings. The van der Waals surface area contributed by atoms with Crippen LogP contribution in [0.25, 0.3) is 0 Å². The number of carboxylic acid groups (broad SMARTS) is 1. The van der Waals surface area contributed by atoms with Crippen LogP contribution in [0.4, 0.5) is 4.79 Å². The van der Waals surface area contributed by atoms with Gasteiger partial charge in [-0.3, -0.25) is 4.79 Å². The van der Waals surface area contributed by atoms with Crippen LogP contribution in [0.3, 0.4) is 0 Å². The Bertz CT molecular complexity index is 313. The quantitative estimate of drug-likeness (QED) is 0.786. The highest BCUT2D eigenvalue weighted by Gasteiger charge is 2.30. The maximum absolute atomic E-state index is 12.0. The van der Waals surface area contributed by atoms with E-state index in [1.807, 2.05) is 6.92 Å². The maximum atomic E-state index is 12.0. The predicted octanol–water partition coefficient (Wildman–Crippen LogP) is 0.918. The Hall–Kier alpha value is -1.30. The molecule has 1 unspecified atom stereocenters. The van der Waals surface area contributed by atoms with E-state index in [0.717, 1.165) is 12.8 Å². The Labute approximate surface area is 107 Å². The molecule has 0 radical (unpaired) electrons. The molecule has 0 spiro atoms. The topological polar surface area (TPSA) is 78.9 Å². The number of ether oxygens (including phenoxy) is 1. The molecular weight excluding hydrogens is 236 g/mol. The lowest BCUT2D eigenvalue weighted by molar-refractivity contribution is -0.141. The molecule has 0 aliphatic carbocycles. The van der Waals surface area contributed by atoms with E-state index >= 15 is 0 Å². The van der Waals surface area contributed by atoms with Crippen molar-refractivity contribution in [1.82, 2.24) is 10.2 Å². The van der Waals surface area contributed by atoms with Gasteiger partial charge in [0.15, 0.2) is 0 Å². The first kappa shape index (κ1) is 14.8. The van der Waals surface area contributed by atoms with Gasteiger partial charge in [-0.2, -0.15) is 0 Å². The van der Waals surface area contributed by atoms with E-state index in [-0.39, 0.29) is 18.1 Å². The van der Waals surface area contributed by atoms with Crippen LogP contribution in [0.5, 0.6) is 0 Å². The summed E-state index contributed by atoms with van der Waals surface area (Å²) in [5.41, 5.74) is -0.254. The molecule has 0 aromatic carbocycles. The molecule has 6 heteroatoms. The fourth-order valence-electron chi connectivity index (χ4n) is 1.87. The average molecular weight is 258 g/mol. The molecule has 2 N–H and O–H groups in total. The molecule has 104 valence electrons. The number of amides is 2. The van der Waals surface area contributed by atoms with E-state index in [0.29, 0.717) is 13.2 Å². The van der Waals surface area contributed by atoms with Crippen LogP contribution in [0.15, 0.2) is 0 Å². The monoisotopic (exact) mass is 258 g/mol. The molecule has 0 bridgehead atoms. The van der Waals surface area contributed by atoms with Gasteiger partial charge in [-0.05, 0) is 19.8 Å². The van der Waals surface area contributed by atoms with Crippen LogP contribution in [0.2, 0.25) is 0 Å². The molecule has 0 aromatic rings. The number of carbonyl (C=O) groups excluding carboxylic acids is 1. The molecular formula is C12H22N2O4. The number of aliphatic carboxylic acids is 1. The van der Waals surface area contributed by atoms with Crippen molar-refractivity contribution in [3.05, 3.63) is 0 Å². The van der Waals surface area contributed by atoms with Crippen molar-refractivity contribution in [1.29, 1.82) is 0 Å². The highest BCUT2D eigenvalue weighted by Crippen LogP contribution is 2.19. The number of nitrogens with one attached hydrogen (secondary N) is 1. The average Bonchev–Trinajstić information content (AvgIpc) is 2.28. The highest BCUT2D eigenvalue weighted by atomic mass is 16.5. The molecule has 18 heavy (non-hydrogen) atoms. The molecule has 6 nitrogen and oxygen atoms in total. The first-order valence-electron chi connectivity index (χ1n) is 6.18. The number of urea groups is 1. The summed E-state index contributed by atoms with van der Waals surface area (Å²) in [4.78, 5) is 24.1. The summed E-state index contributed by atoms with van der Waals surface area (Å²) in [5, 5.41) is 11.8. The lowest BCUT2D eigenvalue weighted by Crippen LogP contribution is -2.54. The molecule has 1 heterocycles. The first-order chi connectivity index (χ1) is 8.34. The minimum atomic E-state index is -0.896. The highest BCUT2D eigenvalue weighted by molar-refractivity contribution is 5.76. The second kappa shape index (κ2) is 6.04. The van der Waals surface area contributed by atoms with E-state index in [9.17, 15) is 9.59 Å². The van der Waals surface area contributed by atoms with Gasteiger partial charge in [0.2, 0.25) is 0 Å². The van der Waals surface area contributed by atoms with Crippen LogP contribution in [0, 0.1) is 5.92 Å². The summed E-state index contributed by atoms with van der Waals surface area (Å²) < 4.78 is 5.26. The van der Waals surface area contributed by atoms with Gasteiger partial charge in [0.25, 0.3) is 0 Å². The van der Waals surface area contributed by atoms with Crippen molar-refractivity contribution in [2.45, 2.75) is 32.2 Å². The predicted molar refractivity (Wildman–Crippen MR) is 66.4 cm³/mol. The SMILES string of the molecule is CC(CN(C)C(=O)NC1(C)CCOCC1)C(=O)O. The Morgan fingerprint density at radius 3 is 2.50 bits per heavy atom. The maximum Gasteiger partial charge on any atom is 0.317 e. The van der Waals surface area contributed by atoms with Crippen molar-refractivity contribution in [3.8, 4) is 0 Å². The molecule has 1 aliphatic heterocycles. The number of hydrogen-bond donors (Lipinski definition) is 2. The van der Waals surface area contributed by atoms with Crippen molar-refractivity contribution >= 4 is 12.0 Å². The van der Waals surface area contributed by atoms with Crippen molar-refractivity contribution in [2.24, 2.45) is 5.92 Å². The lowest BCUT2D eigenvalue weighted by atomic mass is 9.93. The van der Waals surface area contributed by atoms with Gasteiger partial charge < -0.3 is 20.1 Å². The third kappa shape index (κ3) is 4.18. The van der Waals surface area contributed by atoms with E-state index < -0.39 is 11.9 Å². The second-order valence-electron chi connectivity index (χ2n) is 5.22. The largest absolute Gasteiger partial charge is 0.481 e. The summed E-state index contributed by atoms with van der Waals surface area (Å²) in [6, 6.07) is -0.229. The van der Waals surface area contributed by atoms with Gasteiger partial charge in [-0.15, -0.1) is 0 Å². The Kier molecular flexibility index (Phi) is 4.95. The Balaban J connectivity index is 2.46. The van der Waals surface area contributed by atoms with Crippen molar-refractivity contribution in [3.63, 3.8) is 0 Å². The zero-order valence-corrected chi connectivity index (χ0v) is 11.2. The van der Waals surface area contributed by atoms with E-state index in [2.05, 4.69) is 5.32 Å². The van der Waals surface area contributed by atoms with Crippen LogP contribution in [0.1, 0.15) is 26.7 Å². The number of carboxylic acids is 1. The Morgan fingerprint density at radius 1 is 1.44 bits per heavy atom. The number of carbonyl (C=O) groups is 2. The van der Waals surface area contributed by atoms with Gasteiger partial charge in [0.05, 0.1) is 5.92 Å². The van der Waals surface area contributed by atoms with Crippen molar-refractivity contribution in [2.75, 3.05) is 26.8 Å². The Morgan fingerprint density at radius 2 is 2.00 bits per heavy atom. The van der Waals surface area contributed by atoms with Gasteiger partial charge in [-0.1, -0.05) is 6.92 Å². The molecule has 0 aromatic heterocycles. The molecule has 1 fully saturated rings. The summed E-state index contributed by atoms with van der Waals surface area (Å²) in [6.07, 6.45) is 1.56. The zero-order chi connectivity index (χ0) is 13.8. The molecule has 1 atom stereocenters. The number of hydrogen-bond acceptors (Lipinski definition) is 3. The normalized spacial score (nSPS) is 19.9. The summed E-state index contributed by atoms with van der Waals surface area (Å²) in [5.74, 6) is -1.46. The number of rotatable bonds is 4. The van der Waals surface area contributed by atoms with Crippen molar-refractivity contribution < 1.29 is 19.4 Å². The summed E-state index contributed by atoms with van der Waals surface area (Å²) >= 11 is 0. The molecule has 1 rings (SSSR count). The standard InChI is InChI=1S/C12H22N2O4/c1-9(10(15)16)8-14(3)11(17)13-12(2)4-6-18-7-5-12/h9H,4-8H2,1-3H3,(H,13,17)(H,15,16). The van der Waals surface area contributed by atoms with Gasteiger partial charge >= 0.3 is 12.0 Å². The molecule has 0 saturated carbocycles. The lowest BCUT2D eigenvalue weighted by Gasteiger charge is -2.36. The smallest absolute Gasteiger partial charge is 0.317 e. The van der Waals surface area contributed by atoms with Gasteiger partial charge in [-0.25, -0.2) is 4.79 Å². The van der Waals surface area contributed by atoms with E-state index in [1.54, 1.807) is 14.0 Å². The molecule has 2 amide bonds. The van der Waals surface area contributed by atoms with E-state index in [1.165, 1.54) is 4.90 Å². The number of nitrogens with zero attached hydrogens (tertiary/aromatic N) is 1. The summed E-state index contributed by atoms with van der Waals surface area (Å²) in [6.45, 7) is 5.07. The van der Waals surface area contributed by atoms with Gasteiger partial charge in [0, 0.05) is 32.3 Å². The fourth-order valence-corrected chi connectivity index (χ4v) is 1.87. The fraction of sp³-hybridized carbons (Fsp3) is 0.833. The van der Waals surface area contributed by atoms with Crippen LogP contribution < -0.4 is 5.32 Å². The first-order valence-corrected chi connectivity index (χ1v) is 6.18. The third-order valence-corrected chi connectivity index (χ3v) is 3.32. The minimum absolute atomic E-state index is 0.202. The molecule has 1 saturated heterocycles. The minimum Gasteiger partial charge on any atom is -0.481 e. The van der Waals surface area contributed by atoms with Crippen LogP contribution in [-0.4, -0.2) is 54.4 Å². The summed E-state index contributed by atoms with van der Waals surface area (Å²) in [7, 11) is 1.61.